The van der Waals surface area contributed by atoms with Crippen LogP contribution in [0.5, 0.6) is 6.01 Å². The van der Waals surface area contributed by atoms with Crippen molar-refractivity contribution >= 4 is 0 Å². The molecule has 1 aliphatic rings. The van der Waals surface area contributed by atoms with Gasteiger partial charge in [-0.1, -0.05) is 0 Å². The van der Waals surface area contributed by atoms with Gasteiger partial charge in [0, 0.05) is 19.3 Å². The highest BCUT2D eigenvalue weighted by atomic mass is 16.5. The Morgan fingerprint density at radius 2 is 2.00 bits per heavy atom. The Hall–Kier alpha value is -2.02. The van der Waals surface area contributed by atoms with E-state index in [2.05, 4.69) is 25.1 Å². The molecule has 7 nitrogen and oxygen atoms in total. The second-order valence-corrected chi connectivity index (χ2v) is 5.28. The Kier molecular flexibility index (Phi) is 4.40. The molecule has 0 atom stereocenters. The SMILES string of the molecule is Cc1nnc(CN2CCC(COc3ncccn3)CC2)o1. The van der Waals surface area contributed by atoms with E-state index in [-0.39, 0.29) is 0 Å². The van der Waals surface area contributed by atoms with E-state index in [0.717, 1.165) is 32.5 Å². The van der Waals surface area contributed by atoms with Gasteiger partial charge in [0.05, 0.1) is 13.2 Å². The number of aromatic nitrogens is 4. The lowest BCUT2D eigenvalue weighted by molar-refractivity contribution is 0.125. The van der Waals surface area contributed by atoms with Crippen LogP contribution in [0.15, 0.2) is 22.9 Å². The molecule has 0 aliphatic carbocycles. The fourth-order valence-electron chi connectivity index (χ4n) is 2.46. The van der Waals surface area contributed by atoms with Crippen LogP contribution in [0.3, 0.4) is 0 Å². The van der Waals surface area contributed by atoms with Crippen molar-refractivity contribution in [3.63, 3.8) is 0 Å². The van der Waals surface area contributed by atoms with E-state index in [0.29, 0.717) is 30.3 Å². The molecule has 0 saturated carbocycles. The predicted octanol–water partition coefficient (Wildman–Crippen LogP) is 1.46. The van der Waals surface area contributed by atoms with Gasteiger partial charge in [-0.25, -0.2) is 9.97 Å². The van der Waals surface area contributed by atoms with Gasteiger partial charge in [0.2, 0.25) is 11.8 Å². The zero-order valence-corrected chi connectivity index (χ0v) is 12.1. The molecule has 1 fully saturated rings. The van der Waals surface area contributed by atoms with Crippen molar-refractivity contribution in [2.45, 2.75) is 26.3 Å². The van der Waals surface area contributed by atoms with Crippen LogP contribution in [0, 0.1) is 12.8 Å². The molecule has 7 heteroatoms. The predicted molar refractivity (Wildman–Crippen MR) is 74.6 cm³/mol. The summed E-state index contributed by atoms with van der Waals surface area (Å²) in [5.41, 5.74) is 0. The molecule has 112 valence electrons. The van der Waals surface area contributed by atoms with Crippen LogP contribution in [-0.2, 0) is 6.54 Å². The van der Waals surface area contributed by atoms with Gasteiger partial charge in [-0.05, 0) is 37.9 Å². The van der Waals surface area contributed by atoms with Crippen LogP contribution >= 0.6 is 0 Å². The number of hydrogen-bond donors (Lipinski definition) is 0. The Bertz CT molecular complexity index is 552. The first-order valence-electron chi connectivity index (χ1n) is 7.21. The summed E-state index contributed by atoms with van der Waals surface area (Å²) in [6, 6.07) is 2.24. The molecule has 3 rings (SSSR count). The van der Waals surface area contributed by atoms with Crippen LogP contribution < -0.4 is 4.74 Å². The van der Waals surface area contributed by atoms with Crippen molar-refractivity contribution < 1.29 is 9.15 Å². The highest BCUT2D eigenvalue weighted by molar-refractivity contribution is 4.93. The fraction of sp³-hybridized carbons (Fsp3) is 0.571. The Morgan fingerprint density at radius 3 is 2.67 bits per heavy atom. The number of ether oxygens (including phenoxy) is 1. The minimum absolute atomic E-state index is 0.460. The Morgan fingerprint density at radius 1 is 1.24 bits per heavy atom. The number of hydrogen-bond acceptors (Lipinski definition) is 7. The van der Waals surface area contributed by atoms with Crippen LogP contribution in [0.25, 0.3) is 0 Å². The van der Waals surface area contributed by atoms with Gasteiger partial charge in [-0.15, -0.1) is 10.2 Å². The molecule has 0 amide bonds. The summed E-state index contributed by atoms with van der Waals surface area (Å²) in [6.07, 6.45) is 5.58. The van der Waals surface area contributed by atoms with E-state index in [1.807, 2.05) is 6.92 Å². The third kappa shape index (κ3) is 3.98. The highest BCUT2D eigenvalue weighted by Gasteiger charge is 2.21. The van der Waals surface area contributed by atoms with E-state index in [1.165, 1.54) is 0 Å². The largest absolute Gasteiger partial charge is 0.463 e. The smallest absolute Gasteiger partial charge is 0.316 e. The van der Waals surface area contributed by atoms with E-state index in [9.17, 15) is 0 Å². The molecule has 1 aliphatic heterocycles. The average molecular weight is 289 g/mol. The zero-order valence-electron chi connectivity index (χ0n) is 12.1. The van der Waals surface area contributed by atoms with Gasteiger partial charge < -0.3 is 9.15 Å². The number of aryl methyl sites for hydroxylation is 1. The second kappa shape index (κ2) is 6.62. The van der Waals surface area contributed by atoms with Crippen molar-refractivity contribution in [3.8, 4) is 6.01 Å². The number of piperidine rings is 1. The summed E-state index contributed by atoms with van der Waals surface area (Å²) in [4.78, 5) is 10.5. The molecule has 0 radical (unpaired) electrons. The molecule has 0 N–H and O–H groups in total. The lowest BCUT2D eigenvalue weighted by atomic mass is 9.98. The van der Waals surface area contributed by atoms with Gasteiger partial charge in [0.25, 0.3) is 0 Å². The van der Waals surface area contributed by atoms with Crippen molar-refractivity contribution in [2.24, 2.45) is 5.92 Å². The standard InChI is InChI=1S/C14H19N5O2/c1-11-17-18-13(21-11)9-19-7-3-12(4-8-19)10-20-14-15-5-2-6-16-14/h2,5-6,12H,3-4,7-10H2,1H3. The van der Waals surface area contributed by atoms with Gasteiger partial charge in [0.15, 0.2) is 0 Å². The molecule has 2 aromatic rings. The van der Waals surface area contributed by atoms with Gasteiger partial charge >= 0.3 is 6.01 Å². The maximum atomic E-state index is 5.62. The van der Waals surface area contributed by atoms with Crippen molar-refractivity contribution in [3.05, 3.63) is 30.2 Å². The van der Waals surface area contributed by atoms with Crippen molar-refractivity contribution in [1.82, 2.24) is 25.1 Å². The molecular weight excluding hydrogens is 270 g/mol. The molecule has 1 saturated heterocycles. The van der Waals surface area contributed by atoms with Crippen molar-refractivity contribution in [1.29, 1.82) is 0 Å². The molecular formula is C14H19N5O2. The van der Waals surface area contributed by atoms with Gasteiger partial charge in [-0.3, -0.25) is 4.90 Å². The maximum absolute atomic E-state index is 5.62. The third-order valence-corrected chi connectivity index (χ3v) is 3.62. The molecule has 0 aromatic carbocycles. The summed E-state index contributed by atoms with van der Waals surface area (Å²) in [5.74, 6) is 1.87. The lowest BCUT2D eigenvalue weighted by Crippen LogP contribution is -2.35. The van der Waals surface area contributed by atoms with Crippen LogP contribution in [0.1, 0.15) is 24.6 Å². The van der Waals surface area contributed by atoms with Gasteiger partial charge in [-0.2, -0.15) is 0 Å². The Balaban J connectivity index is 1.40. The summed E-state index contributed by atoms with van der Waals surface area (Å²) in [6.45, 7) is 5.26. The molecule has 21 heavy (non-hydrogen) atoms. The summed E-state index contributed by atoms with van der Waals surface area (Å²) < 4.78 is 11.0. The first kappa shape index (κ1) is 13.9. The highest BCUT2D eigenvalue weighted by Crippen LogP contribution is 2.19. The lowest BCUT2D eigenvalue weighted by Gasteiger charge is -2.30. The first-order chi connectivity index (χ1) is 10.3. The Labute approximate surface area is 123 Å². The van der Waals surface area contributed by atoms with Crippen LogP contribution in [0.4, 0.5) is 0 Å². The summed E-state index contributed by atoms with van der Waals surface area (Å²) >= 11 is 0. The number of rotatable bonds is 5. The topological polar surface area (TPSA) is 77.2 Å². The minimum atomic E-state index is 0.460. The normalized spacial score (nSPS) is 17.0. The fourth-order valence-corrected chi connectivity index (χ4v) is 2.46. The zero-order chi connectivity index (χ0) is 14.5. The molecule has 0 bridgehead atoms. The van der Waals surface area contributed by atoms with E-state index >= 15 is 0 Å². The number of likely N-dealkylation sites (tertiary alicyclic amines) is 1. The van der Waals surface area contributed by atoms with E-state index in [1.54, 1.807) is 18.5 Å². The van der Waals surface area contributed by atoms with Crippen molar-refractivity contribution in [2.75, 3.05) is 19.7 Å². The molecule has 2 aromatic heterocycles. The second-order valence-electron chi connectivity index (χ2n) is 5.28. The van der Waals surface area contributed by atoms with E-state index in [4.69, 9.17) is 9.15 Å². The summed E-state index contributed by atoms with van der Waals surface area (Å²) in [5, 5.41) is 7.89. The quantitative estimate of drug-likeness (QED) is 0.824. The summed E-state index contributed by atoms with van der Waals surface area (Å²) in [7, 11) is 0. The van der Waals surface area contributed by atoms with Crippen LogP contribution in [-0.4, -0.2) is 44.8 Å². The molecule has 0 unspecified atom stereocenters. The maximum Gasteiger partial charge on any atom is 0.316 e. The van der Waals surface area contributed by atoms with Crippen LogP contribution in [0.2, 0.25) is 0 Å². The molecule has 3 heterocycles. The first-order valence-corrected chi connectivity index (χ1v) is 7.21. The number of nitrogens with zero attached hydrogens (tertiary/aromatic N) is 5. The molecule has 0 spiro atoms. The van der Waals surface area contributed by atoms with Gasteiger partial charge in [0.1, 0.15) is 0 Å². The monoisotopic (exact) mass is 289 g/mol. The van der Waals surface area contributed by atoms with E-state index < -0.39 is 0 Å². The minimum Gasteiger partial charge on any atom is -0.463 e. The third-order valence-electron chi connectivity index (χ3n) is 3.62. The average Bonchev–Trinajstić information content (AvgIpc) is 2.93.